The molecule has 0 aliphatic heterocycles. The predicted octanol–water partition coefficient (Wildman–Crippen LogP) is 26.4. The summed E-state index contributed by atoms with van der Waals surface area (Å²) in [5.74, 6) is -20.7. The van der Waals surface area contributed by atoms with E-state index in [0.717, 1.165) is 137 Å². The third kappa shape index (κ3) is 68.2. The van der Waals surface area contributed by atoms with E-state index >= 15 is 0 Å². The van der Waals surface area contributed by atoms with Crippen molar-refractivity contribution in [2.45, 2.75) is 440 Å². The van der Waals surface area contributed by atoms with Crippen molar-refractivity contribution in [3.05, 3.63) is 0 Å². The van der Waals surface area contributed by atoms with E-state index in [-0.39, 0.29) is 26.2 Å². The minimum atomic E-state index is -5.01. The summed E-state index contributed by atoms with van der Waals surface area (Å²) in [5, 5.41) is 27.4. The quantitative estimate of drug-likeness (QED) is 0.0224. The van der Waals surface area contributed by atoms with Gasteiger partial charge >= 0.3 is 42.6 Å². The molecule has 17 nitrogen and oxygen atoms in total. The van der Waals surface area contributed by atoms with Crippen LogP contribution in [0, 0.1) is 41.4 Å². The van der Waals surface area contributed by atoms with Crippen LogP contribution in [0.2, 0.25) is 0 Å². The lowest BCUT2D eigenvalue weighted by molar-refractivity contribution is -0.232. The second kappa shape index (κ2) is 68.5. The fourth-order valence-corrected chi connectivity index (χ4v) is 16.8. The maximum atomic E-state index is 13.9. The Labute approximate surface area is 783 Å². The molecule has 7 aliphatic rings. The lowest BCUT2D eigenvalue weighted by atomic mass is 9.87. The highest BCUT2D eigenvalue weighted by Crippen LogP contribution is 2.40. The number of methoxy groups -OCH3 is 1. The third-order valence-corrected chi connectivity index (χ3v) is 24.8. The van der Waals surface area contributed by atoms with Crippen molar-refractivity contribution in [3.8, 4) is 0 Å². The summed E-state index contributed by atoms with van der Waals surface area (Å²) >= 11 is 0. The maximum absolute atomic E-state index is 13.9. The minimum absolute atomic E-state index is 0.0747. The van der Waals surface area contributed by atoms with Gasteiger partial charge in [0.25, 0.3) is 35.5 Å². The summed E-state index contributed by atoms with van der Waals surface area (Å²) in [5.41, 5.74) is 0. The Hall–Kier alpha value is -3.71. The number of halogens is 24. The Morgan fingerprint density at radius 3 is 0.704 bits per heavy atom. The highest BCUT2D eigenvalue weighted by molar-refractivity contribution is 5.69. The van der Waals surface area contributed by atoms with E-state index in [4.69, 9.17) is 43.4 Å². The van der Waals surface area contributed by atoms with Gasteiger partial charge in [-0.1, -0.05) is 232 Å². The molecular formula is C94H158F24O17. The molecule has 0 amide bonds. The van der Waals surface area contributed by atoms with Crippen LogP contribution in [0.4, 0.5) is 105 Å². The van der Waals surface area contributed by atoms with Gasteiger partial charge in [0.15, 0.2) is 12.2 Å². The summed E-state index contributed by atoms with van der Waals surface area (Å²) < 4.78 is 357. The predicted molar refractivity (Wildman–Crippen MR) is 459 cm³/mol. The molecule has 135 heavy (non-hydrogen) atoms. The summed E-state index contributed by atoms with van der Waals surface area (Å²) in [7, 11) is 1.06. The first-order valence-electron chi connectivity index (χ1n) is 48.6. The SMILES string of the molecule is CC(=O)OC(COCCC1CCCCC1)C(F)(F)CC(C)(F)F.CC(=O)OC(COCCC1CCCCC1)C(F)(F)F.CC(F)(F)C(O)COCCC1CCCCC1.CC(F)(F)CC(F)(F)C(O)COCCC1CCCCC1.CCC(=O)OC(COCCC1CCCCC1)C(F)(F)F.COC(COCCC1CCCCC1)C(F)(F)F.OC(COCCC1CCCCC1)C(F)(F)CC(F)(F)F. The number of rotatable bonds is 49. The van der Waals surface area contributed by atoms with Crippen molar-refractivity contribution in [3.63, 3.8) is 0 Å². The van der Waals surface area contributed by atoms with E-state index in [9.17, 15) is 125 Å². The number of carbonyl (C=O) groups is 3. The normalized spacial score (nSPS) is 19.7. The minimum Gasteiger partial charge on any atom is -0.454 e. The fraction of sp³-hybridized carbons (Fsp3) is 0.968. The van der Waals surface area contributed by atoms with E-state index in [1.165, 1.54) is 155 Å². The van der Waals surface area contributed by atoms with Crippen molar-refractivity contribution < 1.29 is 187 Å². The molecule has 0 aromatic heterocycles. The third-order valence-electron chi connectivity index (χ3n) is 24.8. The number of ether oxygens (including phenoxy) is 11. The van der Waals surface area contributed by atoms with Gasteiger partial charge in [0.1, 0.15) is 24.7 Å². The van der Waals surface area contributed by atoms with Crippen LogP contribution in [0.3, 0.4) is 0 Å². The van der Waals surface area contributed by atoms with Crippen molar-refractivity contribution >= 4 is 17.9 Å². The largest absolute Gasteiger partial charge is 0.454 e. The molecule has 0 spiro atoms. The topological polar surface area (TPSA) is 213 Å². The van der Waals surface area contributed by atoms with E-state index < -0.39 is 180 Å². The van der Waals surface area contributed by atoms with E-state index in [2.05, 4.69) is 18.9 Å². The van der Waals surface area contributed by atoms with Gasteiger partial charge < -0.3 is 67.4 Å². The molecular weight excluding hydrogens is 1860 g/mol. The van der Waals surface area contributed by atoms with Crippen molar-refractivity contribution in [1.82, 2.24) is 0 Å². The van der Waals surface area contributed by atoms with Crippen molar-refractivity contribution in [2.75, 3.05) is 99.6 Å². The molecule has 0 heterocycles. The molecule has 0 aromatic rings. The van der Waals surface area contributed by atoms with Crippen LogP contribution in [-0.4, -0.2) is 236 Å². The lowest BCUT2D eigenvalue weighted by Gasteiger charge is -2.28. The molecule has 3 N–H and O–H groups in total. The Bertz CT molecular complexity index is 2870. The number of carbonyl (C=O) groups excluding carboxylic acids is 3. The van der Waals surface area contributed by atoms with E-state index in [0.29, 0.717) is 102 Å². The average Bonchev–Trinajstić information content (AvgIpc) is 0.812. The first-order chi connectivity index (χ1) is 62.9. The maximum Gasteiger partial charge on any atom is 0.427 e. The van der Waals surface area contributed by atoms with E-state index in [1.54, 1.807) is 0 Å². The highest BCUT2D eigenvalue weighted by Gasteiger charge is 2.52. The Morgan fingerprint density at radius 2 is 0.489 bits per heavy atom. The monoisotopic (exact) mass is 2020 g/mol. The van der Waals surface area contributed by atoms with Gasteiger partial charge in [-0.05, 0) is 100 Å². The standard InChI is InChI=1S/C16H26F4O3.C14H24F4O2.C14H23F3O3.C13H21F5O2.C13H21F3O3.C12H21F3O2.C12H22F2O2/c1-12(21)23-14(16(19,20)11-15(2,17)18)10-22-9-8-13-6-4-3-5-7-13;1-13(15,16)10-14(17,18)12(19)9-20-8-7-11-5-3-2-4-6-11;1-2-13(18)20-12(14(15,16)17)10-19-9-8-11-6-4-3-5-7-11;14-12(15,9-13(16,17)18)11(19)8-20-7-6-10-4-2-1-3-5-10;1-10(17)19-12(13(14,15)16)9-18-8-7-11-5-3-2-4-6-11;1-16-11(12(13,14)15)9-17-8-7-10-5-3-2-4-6-10;1-12(13,14)11(15)9-16-8-7-10-5-3-2-4-6-10/h13-14H,3-11H2,1-2H3;11-12,19H,2-10H2,1H3;11-12H,2-10H2,1H3;10-11,19H,1-9H2;11-12H,2-9H2,1H3;10-11H,2-9H2,1H3;10-11,15H,2-9H2,1H3. The zero-order chi connectivity index (χ0) is 102. The van der Waals surface area contributed by atoms with Crippen LogP contribution in [0.5, 0.6) is 0 Å². The molecule has 7 atom stereocenters. The summed E-state index contributed by atoms with van der Waals surface area (Å²) in [6, 6.07) is 0. The smallest absolute Gasteiger partial charge is 0.427 e. The van der Waals surface area contributed by atoms with Gasteiger partial charge in [0.2, 0.25) is 12.2 Å². The Balaban J connectivity index is 0.000000789. The molecule has 7 aliphatic carbocycles. The molecule has 7 fully saturated rings. The van der Waals surface area contributed by atoms with Crippen LogP contribution in [-0.2, 0) is 66.5 Å². The van der Waals surface area contributed by atoms with Crippen LogP contribution in [0.1, 0.15) is 337 Å². The zero-order valence-corrected chi connectivity index (χ0v) is 80.1. The summed E-state index contributed by atoms with van der Waals surface area (Å²) in [4.78, 5) is 32.5. The molecule has 41 heteroatoms. The van der Waals surface area contributed by atoms with Crippen LogP contribution >= 0.6 is 0 Å². The second-order valence-corrected chi connectivity index (χ2v) is 37.5. The van der Waals surface area contributed by atoms with Gasteiger partial charge in [-0.3, -0.25) is 14.4 Å². The number of aliphatic hydroxyl groups excluding tert-OH is 3. The van der Waals surface area contributed by atoms with Crippen LogP contribution < -0.4 is 0 Å². The number of hydrogen-bond acceptors (Lipinski definition) is 17. The van der Waals surface area contributed by atoms with Crippen molar-refractivity contribution in [1.29, 1.82) is 0 Å². The van der Waals surface area contributed by atoms with Gasteiger partial charge in [-0.15, -0.1) is 0 Å². The van der Waals surface area contributed by atoms with Gasteiger partial charge in [-0.25, -0.2) is 52.7 Å². The van der Waals surface area contributed by atoms with Gasteiger partial charge in [0.05, 0.1) is 59.1 Å². The van der Waals surface area contributed by atoms with Crippen LogP contribution in [0.25, 0.3) is 0 Å². The average molecular weight is 2020 g/mol. The molecule has 0 saturated heterocycles. The Morgan fingerprint density at radius 1 is 0.281 bits per heavy atom. The number of hydrogen-bond donors (Lipinski definition) is 3. The number of esters is 3. The zero-order valence-electron chi connectivity index (χ0n) is 80.1. The number of aliphatic hydroxyl groups is 3. The first-order valence-corrected chi connectivity index (χ1v) is 48.6. The molecule has 0 bridgehead atoms. The number of alkyl halides is 24. The molecule has 7 unspecified atom stereocenters. The van der Waals surface area contributed by atoms with Gasteiger partial charge in [-0.2, -0.15) is 52.7 Å². The molecule has 0 aromatic carbocycles. The summed E-state index contributed by atoms with van der Waals surface area (Å²) in [6.45, 7) is 3.32. The van der Waals surface area contributed by atoms with Crippen LogP contribution in [0.15, 0.2) is 0 Å². The fourth-order valence-electron chi connectivity index (χ4n) is 16.8. The van der Waals surface area contributed by atoms with E-state index in [1.807, 2.05) is 0 Å². The molecule has 7 rings (SSSR count). The molecule has 7 saturated carbocycles. The molecule has 0 radical (unpaired) electrons. The summed E-state index contributed by atoms with van der Waals surface area (Å²) in [6.07, 6.45) is 8.67. The lowest BCUT2D eigenvalue weighted by Crippen LogP contribution is -2.44. The Kier molecular flexibility index (Phi) is 65.6. The first kappa shape index (κ1) is 129. The highest BCUT2D eigenvalue weighted by atomic mass is 19.4. The molecule has 804 valence electrons. The van der Waals surface area contributed by atoms with Gasteiger partial charge in [0, 0.05) is 80.6 Å². The second-order valence-electron chi connectivity index (χ2n) is 37.5. The van der Waals surface area contributed by atoms with Crippen molar-refractivity contribution in [2.24, 2.45) is 41.4 Å².